The minimum absolute atomic E-state index is 0.116. The van der Waals surface area contributed by atoms with Crippen LogP contribution in [0.3, 0.4) is 0 Å². The molecule has 2 N–H and O–H groups in total. The molecule has 0 saturated heterocycles. The first-order chi connectivity index (χ1) is 13.9. The monoisotopic (exact) mass is 411 g/mol. The first kappa shape index (κ1) is 20.7. The summed E-state index contributed by atoms with van der Waals surface area (Å²) in [6, 6.07) is 14.3. The molecule has 0 fully saturated rings. The highest BCUT2D eigenvalue weighted by atomic mass is 32.1. The van der Waals surface area contributed by atoms with Crippen LogP contribution >= 0.6 is 11.3 Å². The summed E-state index contributed by atoms with van der Waals surface area (Å²) in [6.07, 6.45) is 0. The number of rotatable bonds is 7. The molecule has 1 atom stereocenters. The van der Waals surface area contributed by atoms with Crippen LogP contribution < -0.4 is 10.6 Å². The molecule has 0 aliphatic carbocycles. The molecule has 1 unspecified atom stereocenters. The second kappa shape index (κ2) is 9.43. The Morgan fingerprint density at radius 1 is 1.07 bits per heavy atom. The molecule has 5 nitrogen and oxygen atoms in total. The summed E-state index contributed by atoms with van der Waals surface area (Å²) >= 11 is 1.52. The third kappa shape index (κ3) is 5.48. The molecule has 150 valence electrons. The van der Waals surface area contributed by atoms with Gasteiger partial charge in [-0.1, -0.05) is 44.2 Å². The fourth-order valence-corrected chi connectivity index (χ4v) is 3.58. The van der Waals surface area contributed by atoms with Gasteiger partial charge in [-0.25, -0.2) is 9.37 Å². The molecule has 0 bridgehead atoms. The van der Waals surface area contributed by atoms with Gasteiger partial charge in [-0.2, -0.15) is 0 Å². The number of amides is 2. The highest BCUT2D eigenvalue weighted by molar-refractivity contribution is 7.13. The molecular weight excluding hydrogens is 389 g/mol. The predicted octanol–water partition coefficient (Wildman–Crippen LogP) is 4.02. The number of hydrogen-bond acceptors (Lipinski definition) is 4. The molecule has 2 amide bonds. The number of carbonyl (C=O) groups is 2. The number of aromatic nitrogens is 1. The Balaban J connectivity index is 1.60. The van der Waals surface area contributed by atoms with Crippen molar-refractivity contribution in [2.24, 2.45) is 5.92 Å². The van der Waals surface area contributed by atoms with Gasteiger partial charge in [0.1, 0.15) is 16.9 Å². The van der Waals surface area contributed by atoms with Crippen LogP contribution in [0, 0.1) is 11.7 Å². The average molecular weight is 412 g/mol. The minimum Gasteiger partial charge on any atom is -0.349 e. The lowest BCUT2D eigenvalue weighted by Gasteiger charge is -2.21. The quantitative estimate of drug-likeness (QED) is 0.617. The van der Waals surface area contributed by atoms with Crippen molar-refractivity contribution in [1.29, 1.82) is 0 Å². The Hall–Kier alpha value is -3.06. The lowest BCUT2D eigenvalue weighted by atomic mass is 10.0. The standard InChI is InChI=1S/C22H22FN3O2S/c1-14(2)19(26-20(27)15-8-10-17(23)11-9-15)21(28)24-12-18-13-29-22(25-18)16-6-4-3-5-7-16/h3-11,13-14,19H,12H2,1-2H3,(H,24,28)(H,26,27). The van der Waals surface area contributed by atoms with Crippen molar-refractivity contribution in [3.8, 4) is 10.6 Å². The summed E-state index contributed by atoms with van der Waals surface area (Å²) < 4.78 is 13.0. The van der Waals surface area contributed by atoms with Crippen LogP contribution in [0.2, 0.25) is 0 Å². The van der Waals surface area contributed by atoms with Crippen LogP contribution in [0.5, 0.6) is 0 Å². The first-order valence-corrected chi connectivity index (χ1v) is 10.2. The molecule has 0 radical (unpaired) electrons. The summed E-state index contributed by atoms with van der Waals surface area (Å²) in [7, 11) is 0. The fourth-order valence-electron chi connectivity index (χ4n) is 2.75. The lowest BCUT2D eigenvalue weighted by Crippen LogP contribution is -2.49. The summed E-state index contributed by atoms with van der Waals surface area (Å²) in [5, 5.41) is 8.37. The number of nitrogens with one attached hydrogen (secondary N) is 2. The molecule has 29 heavy (non-hydrogen) atoms. The number of hydrogen-bond donors (Lipinski definition) is 2. The van der Waals surface area contributed by atoms with Gasteiger partial charge in [0.25, 0.3) is 5.91 Å². The van der Waals surface area contributed by atoms with E-state index >= 15 is 0 Å². The zero-order chi connectivity index (χ0) is 20.8. The maximum Gasteiger partial charge on any atom is 0.251 e. The minimum atomic E-state index is -0.709. The van der Waals surface area contributed by atoms with Crippen LogP contribution in [0.4, 0.5) is 4.39 Å². The van der Waals surface area contributed by atoms with Crippen LogP contribution in [0.1, 0.15) is 29.9 Å². The third-order valence-electron chi connectivity index (χ3n) is 4.36. The normalized spacial score (nSPS) is 11.9. The molecule has 3 aromatic rings. The summed E-state index contributed by atoms with van der Waals surface area (Å²) in [5.41, 5.74) is 2.09. The molecule has 7 heteroatoms. The van der Waals surface area contributed by atoms with Gasteiger partial charge >= 0.3 is 0 Å². The van der Waals surface area contributed by atoms with Gasteiger partial charge in [0, 0.05) is 16.5 Å². The van der Waals surface area contributed by atoms with Crippen LogP contribution in [0.15, 0.2) is 60.0 Å². The Bertz CT molecular complexity index is 971. The van der Waals surface area contributed by atoms with Crippen molar-refractivity contribution in [2.75, 3.05) is 0 Å². The highest BCUT2D eigenvalue weighted by Gasteiger charge is 2.24. The van der Waals surface area contributed by atoms with E-state index in [-0.39, 0.29) is 18.4 Å². The van der Waals surface area contributed by atoms with E-state index in [0.717, 1.165) is 16.3 Å². The number of nitrogens with zero attached hydrogens (tertiary/aromatic N) is 1. The fraction of sp³-hybridized carbons (Fsp3) is 0.227. The second-order valence-corrected chi connectivity index (χ2v) is 7.79. The van der Waals surface area contributed by atoms with Gasteiger partial charge in [0.05, 0.1) is 12.2 Å². The van der Waals surface area contributed by atoms with E-state index in [1.165, 1.54) is 35.6 Å². The van der Waals surface area contributed by atoms with Gasteiger partial charge < -0.3 is 10.6 Å². The van der Waals surface area contributed by atoms with E-state index < -0.39 is 17.8 Å². The summed E-state index contributed by atoms with van der Waals surface area (Å²) in [5.74, 6) is -1.24. The molecule has 0 aliphatic rings. The summed E-state index contributed by atoms with van der Waals surface area (Å²) in [4.78, 5) is 29.6. The van der Waals surface area contributed by atoms with E-state index in [2.05, 4.69) is 15.6 Å². The first-order valence-electron chi connectivity index (χ1n) is 9.28. The Kier molecular flexibility index (Phi) is 6.72. The molecule has 0 saturated carbocycles. The molecular formula is C22H22FN3O2S. The van der Waals surface area contributed by atoms with Crippen molar-refractivity contribution in [3.05, 3.63) is 77.1 Å². The number of benzene rings is 2. The number of halogens is 1. The van der Waals surface area contributed by atoms with Gasteiger partial charge in [-0.15, -0.1) is 11.3 Å². The summed E-state index contributed by atoms with van der Waals surface area (Å²) in [6.45, 7) is 3.98. The van der Waals surface area contributed by atoms with E-state index in [9.17, 15) is 14.0 Å². The molecule has 3 rings (SSSR count). The van der Waals surface area contributed by atoms with E-state index in [1.54, 1.807) is 0 Å². The Morgan fingerprint density at radius 2 is 1.76 bits per heavy atom. The second-order valence-electron chi connectivity index (χ2n) is 6.93. The van der Waals surface area contributed by atoms with E-state index in [4.69, 9.17) is 0 Å². The van der Waals surface area contributed by atoms with E-state index in [1.807, 2.05) is 49.6 Å². The molecule has 2 aromatic carbocycles. The molecule has 1 heterocycles. The van der Waals surface area contributed by atoms with Crippen molar-refractivity contribution in [3.63, 3.8) is 0 Å². The van der Waals surface area contributed by atoms with Crippen molar-refractivity contribution in [2.45, 2.75) is 26.4 Å². The van der Waals surface area contributed by atoms with Gasteiger partial charge in [0.15, 0.2) is 0 Å². The Morgan fingerprint density at radius 3 is 2.41 bits per heavy atom. The lowest BCUT2D eigenvalue weighted by molar-refractivity contribution is -0.124. The van der Waals surface area contributed by atoms with E-state index in [0.29, 0.717) is 5.56 Å². The largest absolute Gasteiger partial charge is 0.349 e. The highest BCUT2D eigenvalue weighted by Crippen LogP contribution is 2.23. The molecule has 0 aliphatic heterocycles. The topological polar surface area (TPSA) is 71.1 Å². The SMILES string of the molecule is CC(C)C(NC(=O)c1ccc(F)cc1)C(=O)NCc1csc(-c2ccccc2)n1. The van der Waals surface area contributed by atoms with Crippen molar-refractivity contribution < 1.29 is 14.0 Å². The maximum atomic E-state index is 13.0. The number of thiazole rings is 1. The number of carbonyl (C=O) groups excluding carboxylic acids is 2. The zero-order valence-electron chi connectivity index (χ0n) is 16.2. The van der Waals surface area contributed by atoms with Crippen LogP contribution in [-0.2, 0) is 11.3 Å². The van der Waals surface area contributed by atoms with Gasteiger partial charge in [-0.3, -0.25) is 9.59 Å². The third-order valence-corrected chi connectivity index (χ3v) is 5.30. The maximum absolute atomic E-state index is 13.0. The van der Waals surface area contributed by atoms with Crippen LogP contribution in [-0.4, -0.2) is 22.8 Å². The van der Waals surface area contributed by atoms with Gasteiger partial charge in [0.2, 0.25) is 5.91 Å². The van der Waals surface area contributed by atoms with Crippen molar-refractivity contribution in [1.82, 2.24) is 15.6 Å². The Labute approximate surface area is 173 Å². The van der Waals surface area contributed by atoms with Gasteiger partial charge in [-0.05, 0) is 30.2 Å². The predicted molar refractivity (Wildman–Crippen MR) is 112 cm³/mol. The molecule has 0 spiro atoms. The average Bonchev–Trinajstić information content (AvgIpc) is 3.20. The van der Waals surface area contributed by atoms with Crippen LogP contribution in [0.25, 0.3) is 10.6 Å². The zero-order valence-corrected chi connectivity index (χ0v) is 17.0. The van der Waals surface area contributed by atoms with Crippen molar-refractivity contribution >= 4 is 23.2 Å². The smallest absolute Gasteiger partial charge is 0.251 e. The molecule has 1 aromatic heterocycles.